The van der Waals surface area contributed by atoms with Gasteiger partial charge < -0.3 is 5.11 Å². The quantitative estimate of drug-likeness (QED) is 0.847. The highest BCUT2D eigenvalue weighted by Crippen LogP contribution is 2.42. The molecule has 20 heavy (non-hydrogen) atoms. The predicted octanol–water partition coefficient (Wildman–Crippen LogP) is 3.93. The molecule has 2 aliphatic rings. The van der Waals surface area contributed by atoms with E-state index in [2.05, 4.69) is 39.5 Å². The fourth-order valence-electron chi connectivity index (χ4n) is 4.50. The minimum atomic E-state index is -0.101. The van der Waals surface area contributed by atoms with Crippen LogP contribution in [0.25, 0.3) is 0 Å². The smallest absolute Gasteiger partial charge is 0.0695 e. The number of piperidine rings is 1. The van der Waals surface area contributed by atoms with Crippen LogP contribution in [-0.4, -0.2) is 35.2 Å². The molecule has 1 saturated heterocycles. The van der Waals surface area contributed by atoms with E-state index in [1.807, 2.05) is 0 Å². The highest BCUT2D eigenvalue weighted by Gasteiger charge is 2.40. The minimum Gasteiger partial charge on any atom is -0.391 e. The highest BCUT2D eigenvalue weighted by atomic mass is 16.3. The molecule has 0 radical (unpaired) electrons. The van der Waals surface area contributed by atoms with E-state index < -0.39 is 0 Å². The summed E-state index contributed by atoms with van der Waals surface area (Å²) in [5.41, 5.74) is 0.422. The Bertz CT molecular complexity index is 305. The second kappa shape index (κ2) is 6.36. The van der Waals surface area contributed by atoms with Gasteiger partial charge in [0.15, 0.2) is 0 Å². The van der Waals surface area contributed by atoms with E-state index >= 15 is 0 Å². The van der Waals surface area contributed by atoms with Crippen LogP contribution in [0.3, 0.4) is 0 Å². The van der Waals surface area contributed by atoms with Crippen molar-refractivity contribution in [3.63, 3.8) is 0 Å². The van der Waals surface area contributed by atoms with E-state index in [9.17, 15) is 5.11 Å². The zero-order valence-electron chi connectivity index (χ0n) is 14.2. The molecule has 0 aromatic rings. The molecule has 2 fully saturated rings. The van der Waals surface area contributed by atoms with Crippen molar-refractivity contribution in [2.75, 3.05) is 13.1 Å². The molecule has 5 atom stereocenters. The number of likely N-dealkylation sites (tertiary alicyclic amines) is 1. The van der Waals surface area contributed by atoms with Crippen LogP contribution in [0.4, 0.5) is 0 Å². The summed E-state index contributed by atoms with van der Waals surface area (Å²) in [6.07, 6.45) is 5.89. The summed E-state index contributed by atoms with van der Waals surface area (Å²) in [4.78, 5) is 2.61. The first-order chi connectivity index (χ1) is 9.33. The molecule has 2 nitrogen and oxygen atoms in total. The Morgan fingerprint density at radius 3 is 2.20 bits per heavy atom. The number of rotatable bonds is 3. The van der Waals surface area contributed by atoms with Crippen molar-refractivity contribution in [2.24, 2.45) is 23.2 Å². The number of hydrogen-bond donors (Lipinski definition) is 1. The molecule has 2 rings (SSSR count). The summed E-state index contributed by atoms with van der Waals surface area (Å²) >= 11 is 0. The molecular formula is C18H35NO. The first-order valence-corrected chi connectivity index (χ1v) is 8.75. The number of aliphatic hydroxyl groups is 1. The average Bonchev–Trinajstić information content (AvgIpc) is 2.37. The minimum absolute atomic E-state index is 0.101. The molecule has 1 aliphatic heterocycles. The monoisotopic (exact) mass is 281 g/mol. The van der Waals surface area contributed by atoms with Crippen molar-refractivity contribution in [2.45, 2.75) is 78.9 Å². The van der Waals surface area contributed by atoms with Crippen molar-refractivity contribution in [3.05, 3.63) is 0 Å². The largest absolute Gasteiger partial charge is 0.391 e. The van der Waals surface area contributed by atoms with Gasteiger partial charge in [0.25, 0.3) is 0 Å². The normalized spacial score (nSPS) is 40.8. The molecule has 1 saturated carbocycles. The third-order valence-electron chi connectivity index (χ3n) is 6.16. The maximum atomic E-state index is 10.5. The Labute approximate surface area is 125 Å². The van der Waals surface area contributed by atoms with Gasteiger partial charge in [-0.3, -0.25) is 4.90 Å². The molecule has 118 valence electrons. The maximum absolute atomic E-state index is 10.5. The van der Waals surface area contributed by atoms with Gasteiger partial charge in [0.05, 0.1) is 6.10 Å². The van der Waals surface area contributed by atoms with Crippen molar-refractivity contribution in [1.29, 1.82) is 0 Å². The van der Waals surface area contributed by atoms with Gasteiger partial charge >= 0.3 is 0 Å². The van der Waals surface area contributed by atoms with Gasteiger partial charge in [-0.15, -0.1) is 0 Å². The molecule has 1 aliphatic carbocycles. The van der Waals surface area contributed by atoms with Crippen molar-refractivity contribution < 1.29 is 5.11 Å². The lowest BCUT2D eigenvalue weighted by atomic mass is 9.67. The highest BCUT2D eigenvalue weighted by molar-refractivity contribution is 4.93. The SMILES string of the molecule is CCC(C)(C)C1CCC(O)C(N2CC(C)CC(C)C2)C1. The van der Waals surface area contributed by atoms with Gasteiger partial charge in [-0.1, -0.05) is 41.0 Å². The van der Waals surface area contributed by atoms with Crippen LogP contribution >= 0.6 is 0 Å². The topological polar surface area (TPSA) is 23.5 Å². The van der Waals surface area contributed by atoms with Crippen LogP contribution < -0.4 is 0 Å². The molecule has 0 aromatic heterocycles. The van der Waals surface area contributed by atoms with Crippen LogP contribution in [0, 0.1) is 23.2 Å². The summed E-state index contributed by atoms with van der Waals surface area (Å²) < 4.78 is 0. The molecule has 0 bridgehead atoms. The third kappa shape index (κ3) is 3.57. The summed E-state index contributed by atoms with van der Waals surface area (Å²) in [5, 5.41) is 10.5. The number of nitrogens with zero attached hydrogens (tertiary/aromatic N) is 1. The average molecular weight is 281 g/mol. The molecule has 1 heterocycles. The Hall–Kier alpha value is -0.0800. The predicted molar refractivity (Wildman–Crippen MR) is 85.7 cm³/mol. The second-order valence-corrected chi connectivity index (χ2v) is 8.39. The van der Waals surface area contributed by atoms with Crippen LogP contribution in [0.1, 0.15) is 66.7 Å². The standard InChI is InChI=1S/C18H35NO/c1-6-18(4,5)15-7-8-17(20)16(10-15)19-11-13(2)9-14(3)12-19/h13-17,20H,6-12H2,1-5H3. The van der Waals surface area contributed by atoms with Crippen LogP contribution in [-0.2, 0) is 0 Å². The van der Waals surface area contributed by atoms with E-state index in [1.54, 1.807) is 0 Å². The first-order valence-electron chi connectivity index (χ1n) is 8.75. The summed E-state index contributed by atoms with van der Waals surface area (Å²) in [6, 6.07) is 0.407. The molecule has 0 amide bonds. The van der Waals surface area contributed by atoms with Gasteiger partial charge in [-0.2, -0.15) is 0 Å². The van der Waals surface area contributed by atoms with Crippen LogP contribution in [0.15, 0.2) is 0 Å². The van der Waals surface area contributed by atoms with Crippen LogP contribution in [0.2, 0.25) is 0 Å². The molecule has 5 unspecified atom stereocenters. The van der Waals surface area contributed by atoms with Gasteiger partial charge in [0.2, 0.25) is 0 Å². The van der Waals surface area contributed by atoms with E-state index in [-0.39, 0.29) is 6.10 Å². The van der Waals surface area contributed by atoms with Crippen molar-refractivity contribution in [3.8, 4) is 0 Å². The molecular weight excluding hydrogens is 246 g/mol. The van der Waals surface area contributed by atoms with E-state index in [0.717, 1.165) is 24.2 Å². The maximum Gasteiger partial charge on any atom is 0.0695 e. The Kier molecular flexibility index (Phi) is 5.18. The van der Waals surface area contributed by atoms with Crippen molar-refractivity contribution in [1.82, 2.24) is 4.90 Å². The van der Waals surface area contributed by atoms with Gasteiger partial charge in [0.1, 0.15) is 0 Å². The fourth-order valence-corrected chi connectivity index (χ4v) is 4.50. The lowest BCUT2D eigenvalue weighted by Crippen LogP contribution is -2.53. The Morgan fingerprint density at radius 2 is 1.65 bits per heavy atom. The number of aliphatic hydroxyl groups excluding tert-OH is 1. The van der Waals surface area contributed by atoms with Gasteiger partial charge in [-0.05, 0) is 48.9 Å². The zero-order chi connectivity index (χ0) is 14.9. The molecule has 0 spiro atoms. The first kappa shape index (κ1) is 16.3. The van der Waals surface area contributed by atoms with Crippen molar-refractivity contribution >= 4 is 0 Å². The van der Waals surface area contributed by atoms with E-state index in [0.29, 0.717) is 11.5 Å². The summed E-state index contributed by atoms with van der Waals surface area (Å²) in [5.74, 6) is 2.34. The van der Waals surface area contributed by atoms with Crippen LogP contribution in [0.5, 0.6) is 0 Å². The van der Waals surface area contributed by atoms with Gasteiger partial charge in [0, 0.05) is 19.1 Å². The Morgan fingerprint density at radius 1 is 1.05 bits per heavy atom. The van der Waals surface area contributed by atoms with Gasteiger partial charge in [-0.25, -0.2) is 0 Å². The second-order valence-electron chi connectivity index (χ2n) is 8.39. The van der Waals surface area contributed by atoms with E-state index in [1.165, 1.54) is 38.8 Å². The lowest BCUT2D eigenvalue weighted by molar-refractivity contribution is -0.0407. The van der Waals surface area contributed by atoms with E-state index in [4.69, 9.17) is 0 Å². The molecule has 0 aromatic carbocycles. The summed E-state index contributed by atoms with van der Waals surface area (Å²) in [6.45, 7) is 14.2. The molecule has 1 N–H and O–H groups in total. The fraction of sp³-hybridized carbons (Fsp3) is 1.00. The number of hydrogen-bond acceptors (Lipinski definition) is 2. The summed E-state index contributed by atoms with van der Waals surface area (Å²) in [7, 11) is 0. The Balaban J connectivity index is 2.05. The lowest BCUT2D eigenvalue weighted by Gasteiger charge is -2.48. The molecule has 2 heteroatoms. The zero-order valence-corrected chi connectivity index (χ0v) is 14.2. The third-order valence-corrected chi connectivity index (χ3v) is 6.16.